The van der Waals surface area contributed by atoms with Crippen LogP contribution in [0.3, 0.4) is 0 Å². The Bertz CT molecular complexity index is 255. The molecule has 0 radical (unpaired) electrons. The van der Waals surface area contributed by atoms with Gasteiger partial charge < -0.3 is 35.1 Å². The monoisotopic (exact) mass is 298 g/mol. The number of ketones is 1. The predicted octanol–water partition coefficient (Wildman–Crippen LogP) is -3.30. The summed E-state index contributed by atoms with van der Waals surface area (Å²) in [6, 6.07) is 0. The maximum Gasteiger partial charge on any atom is 0.189 e. The smallest absolute Gasteiger partial charge is 0.189 e. The molecule has 0 rings (SSSR count). The molecule has 0 saturated heterocycles. The molecule has 0 fully saturated rings. The third-order valence-electron chi connectivity index (χ3n) is 2.38. The number of rotatable bonds is 8. The molecular formula is C12H28NO7+. The van der Waals surface area contributed by atoms with Crippen molar-refractivity contribution in [3.05, 3.63) is 0 Å². The summed E-state index contributed by atoms with van der Waals surface area (Å²) in [5.41, 5.74) is 0. The van der Waals surface area contributed by atoms with E-state index in [-0.39, 0.29) is 0 Å². The maximum absolute atomic E-state index is 10.5. The Hall–Kier alpha value is -0.610. The van der Waals surface area contributed by atoms with Crippen molar-refractivity contribution < 1.29 is 39.9 Å². The number of aliphatic hydroxyl groups excluding tert-OH is 6. The van der Waals surface area contributed by atoms with Gasteiger partial charge in [0.15, 0.2) is 5.78 Å². The Morgan fingerprint density at radius 1 is 1.05 bits per heavy atom. The quantitative estimate of drug-likeness (QED) is 0.258. The van der Waals surface area contributed by atoms with Gasteiger partial charge in [-0.2, -0.15) is 0 Å². The molecule has 0 spiro atoms. The first-order valence-corrected chi connectivity index (χ1v) is 6.30. The standard InChI is InChI=1S/C6H16NO.C6H12O6/c1-7(2,3)5-4-6-8;7-1-3(9)5(11)6(12)4(10)2-8/h8H,4-6H2,1-3H3;3,5-9,11-12H,1-2H2/q+1;. The number of quaternary nitrogens is 1. The molecule has 0 aromatic rings. The Balaban J connectivity index is 0. The summed E-state index contributed by atoms with van der Waals surface area (Å²) in [6.07, 6.45) is -4.31. The van der Waals surface area contributed by atoms with E-state index in [1.165, 1.54) is 0 Å². The zero-order valence-electron chi connectivity index (χ0n) is 12.3. The van der Waals surface area contributed by atoms with E-state index >= 15 is 0 Å². The van der Waals surface area contributed by atoms with Gasteiger partial charge in [0, 0.05) is 13.0 Å². The number of hydrogen-bond acceptors (Lipinski definition) is 7. The van der Waals surface area contributed by atoms with Crippen LogP contribution in [0, 0.1) is 0 Å². The summed E-state index contributed by atoms with van der Waals surface area (Å²) in [5, 5.41) is 51.5. The highest BCUT2D eigenvalue weighted by Crippen LogP contribution is 2.00. The molecule has 0 bridgehead atoms. The second-order valence-corrected chi connectivity index (χ2v) is 5.40. The zero-order chi connectivity index (χ0) is 16.3. The van der Waals surface area contributed by atoms with E-state index in [2.05, 4.69) is 21.1 Å². The van der Waals surface area contributed by atoms with E-state index < -0.39 is 37.3 Å². The first-order chi connectivity index (χ1) is 9.10. The molecule has 3 unspecified atom stereocenters. The van der Waals surface area contributed by atoms with Gasteiger partial charge in [0.05, 0.1) is 34.3 Å². The summed E-state index contributed by atoms with van der Waals surface area (Å²) in [7, 11) is 6.36. The van der Waals surface area contributed by atoms with Crippen LogP contribution in [0.1, 0.15) is 6.42 Å². The minimum absolute atomic E-state index is 0.315. The minimum atomic E-state index is -1.86. The van der Waals surface area contributed by atoms with Crippen molar-refractivity contribution in [2.75, 3.05) is 47.5 Å². The summed E-state index contributed by atoms with van der Waals surface area (Å²) in [6.45, 7) is -0.320. The maximum atomic E-state index is 10.5. The van der Waals surface area contributed by atoms with E-state index in [1.807, 2.05) is 0 Å². The highest BCUT2D eigenvalue weighted by molar-refractivity contribution is 5.84. The van der Waals surface area contributed by atoms with Crippen molar-refractivity contribution in [3.63, 3.8) is 0 Å². The van der Waals surface area contributed by atoms with Crippen molar-refractivity contribution in [1.29, 1.82) is 0 Å². The summed E-state index contributed by atoms with van der Waals surface area (Å²) in [4.78, 5) is 10.5. The van der Waals surface area contributed by atoms with Gasteiger partial charge in [-0.3, -0.25) is 4.79 Å². The molecule has 3 atom stereocenters. The van der Waals surface area contributed by atoms with Crippen LogP contribution in [0.25, 0.3) is 0 Å². The Kier molecular flexibility index (Phi) is 12.0. The lowest BCUT2D eigenvalue weighted by Gasteiger charge is -2.22. The fourth-order valence-corrected chi connectivity index (χ4v) is 1.15. The first-order valence-electron chi connectivity index (χ1n) is 6.30. The number of carbonyl (C=O) groups is 1. The van der Waals surface area contributed by atoms with Gasteiger partial charge in [0.25, 0.3) is 0 Å². The van der Waals surface area contributed by atoms with Crippen molar-refractivity contribution in [3.8, 4) is 0 Å². The van der Waals surface area contributed by atoms with Crippen LogP contribution in [0.15, 0.2) is 0 Å². The molecule has 8 nitrogen and oxygen atoms in total. The van der Waals surface area contributed by atoms with Gasteiger partial charge in [-0.25, -0.2) is 0 Å². The fraction of sp³-hybridized carbons (Fsp3) is 0.917. The fourth-order valence-electron chi connectivity index (χ4n) is 1.15. The molecule has 20 heavy (non-hydrogen) atoms. The predicted molar refractivity (Wildman–Crippen MR) is 71.8 cm³/mol. The van der Waals surface area contributed by atoms with Crippen LogP contribution in [-0.2, 0) is 4.79 Å². The Morgan fingerprint density at radius 3 is 1.80 bits per heavy atom. The molecular weight excluding hydrogens is 270 g/mol. The number of aliphatic hydroxyl groups is 6. The van der Waals surface area contributed by atoms with E-state index in [0.717, 1.165) is 17.4 Å². The van der Waals surface area contributed by atoms with E-state index in [4.69, 9.17) is 30.6 Å². The van der Waals surface area contributed by atoms with Gasteiger partial charge in [0.2, 0.25) is 0 Å². The number of nitrogens with zero attached hydrogens (tertiary/aromatic N) is 1. The normalized spacial score (nSPS) is 15.8. The minimum Gasteiger partial charge on any atom is -0.396 e. The van der Waals surface area contributed by atoms with Crippen molar-refractivity contribution in [2.24, 2.45) is 0 Å². The number of hydrogen-bond donors (Lipinski definition) is 6. The van der Waals surface area contributed by atoms with Crippen molar-refractivity contribution >= 4 is 5.78 Å². The molecule has 0 aromatic carbocycles. The van der Waals surface area contributed by atoms with Crippen LogP contribution >= 0.6 is 0 Å². The number of Topliss-reactive ketones (excluding diaryl/α,β-unsaturated/α-hetero) is 1. The van der Waals surface area contributed by atoms with Crippen molar-refractivity contribution in [2.45, 2.75) is 24.7 Å². The van der Waals surface area contributed by atoms with Crippen molar-refractivity contribution in [1.82, 2.24) is 0 Å². The average molecular weight is 298 g/mol. The molecule has 0 aliphatic carbocycles. The third-order valence-corrected chi connectivity index (χ3v) is 2.38. The topological polar surface area (TPSA) is 138 Å². The molecule has 8 heteroatoms. The molecule has 0 heterocycles. The third kappa shape index (κ3) is 11.2. The van der Waals surface area contributed by atoms with Crippen LogP contribution in [0.5, 0.6) is 0 Å². The molecule has 122 valence electrons. The second kappa shape index (κ2) is 11.1. The summed E-state index contributed by atoms with van der Waals surface area (Å²) in [5.74, 6) is -1.00. The van der Waals surface area contributed by atoms with E-state index in [1.54, 1.807) is 0 Å². The molecule has 6 N–H and O–H groups in total. The Morgan fingerprint density at radius 2 is 1.55 bits per heavy atom. The molecule has 0 saturated carbocycles. The summed E-state index contributed by atoms with van der Waals surface area (Å²) >= 11 is 0. The van der Waals surface area contributed by atoms with Crippen LogP contribution < -0.4 is 0 Å². The lowest BCUT2D eigenvalue weighted by Crippen LogP contribution is -2.44. The molecule has 0 aliphatic rings. The average Bonchev–Trinajstić information content (AvgIpc) is 2.41. The molecule has 0 amide bonds. The van der Waals surface area contributed by atoms with Gasteiger partial charge in [0.1, 0.15) is 24.9 Å². The highest BCUT2D eigenvalue weighted by Gasteiger charge is 2.28. The van der Waals surface area contributed by atoms with Gasteiger partial charge in [-0.05, 0) is 0 Å². The zero-order valence-corrected chi connectivity index (χ0v) is 12.3. The lowest BCUT2D eigenvalue weighted by atomic mass is 10.1. The van der Waals surface area contributed by atoms with Gasteiger partial charge in [-0.15, -0.1) is 0 Å². The van der Waals surface area contributed by atoms with Crippen LogP contribution in [0.2, 0.25) is 0 Å². The first kappa shape index (κ1) is 21.7. The molecule has 0 aliphatic heterocycles. The van der Waals surface area contributed by atoms with E-state index in [9.17, 15) is 4.79 Å². The molecule has 0 aromatic heterocycles. The number of carbonyl (C=O) groups excluding carboxylic acids is 1. The van der Waals surface area contributed by atoms with Crippen LogP contribution in [0.4, 0.5) is 0 Å². The summed E-state index contributed by atoms with van der Waals surface area (Å²) < 4.78 is 0.945. The highest BCUT2D eigenvalue weighted by atomic mass is 16.4. The Labute approximate surface area is 119 Å². The lowest BCUT2D eigenvalue weighted by molar-refractivity contribution is -0.870. The van der Waals surface area contributed by atoms with Crippen LogP contribution in [-0.4, -0.2) is 107 Å². The second-order valence-electron chi connectivity index (χ2n) is 5.40. The largest absolute Gasteiger partial charge is 0.396 e. The van der Waals surface area contributed by atoms with E-state index in [0.29, 0.717) is 6.61 Å². The SMILES string of the molecule is C[N+](C)(C)CCCO.O=C(CO)C(O)C(O)C(O)CO. The van der Waals surface area contributed by atoms with Gasteiger partial charge >= 0.3 is 0 Å². The van der Waals surface area contributed by atoms with Gasteiger partial charge in [-0.1, -0.05) is 0 Å².